The number of amides is 1. The van der Waals surface area contributed by atoms with Crippen molar-refractivity contribution >= 4 is 21.7 Å². The van der Waals surface area contributed by atoms with Crippen molar-refractivity contribution in [3.8, 4) is 0 Å². The molecule has 0 radical (unpaired) electrons. The van der Waals surface area contributed by atoms with Gasteiger partial charge in [-0.2, -0.15) is 0 Å². The molecule has 2 atom stereocenters. The van der Waals surface area contributed by atoms with Crippen LogP contribution < -0.4 is 0 Å². The van der Waals surface area contributed by atoms with E-state index in [1.54, 1.807) is 0 Å². The lowest BCUT2D eigenvalue weighted by molar-refractivity contribution is -0.145. The molecule has 1 N–H and O–H groups in total. The van der Waals surface area contributed by atoms with Crippen molar-refractivity contribution in [2.24, 2.45) is 5.92 Å². The van der Waals surface area contributed by atoms with Crippen molar-refractivity contribution in [2.75, 3.05) is 18.8 Å². The van der Waals surface area contributed by atoms with E-state index in [1.165, 1.54) is 4.90 Å². The van der Waals surface area contributed by atoms with Gasteiger partial charge in [-0.15, -0.1) is 0 Å². The second kappa shape index (κ2) is 5.48. The summed E-state index contributed by atoms with van der Waals surface area (Å²) in [5, 5.41) is 8.04. The summed E-state index contributed by atoms with van der Waals surface area (Å²) >= 11 is 0. The molecular weight excluding hydrogens is 270 g/mol. The summed E-state index contributed by atoms with van der Waals surface area (Å²) in [4.78, 5) is 24.7. The van der Waals surface area contributed by atoms with Crippen LogP contribution in [0.25, 0.3) is 0 Å². The number of likely N-dealkylation sites (tertiary alicyclic amines) is 1. The van der Waals surface area contributed by atoms with Crippen LogP contribution in [0, 0.1) is 5.92 Å². The van der Waals surface area contributed by atoms with E-state index >= 15 is 0 Å². The first kappa shape index (κ1) is 14.3. The second-order valence-corrected chi connectivity index (χ2v) is 7.62. The number of piperidine rings is 1. The molecule has 0 aromatic rings. The van der Waals surface area contributed by atoms with Crippen LogP contribution in [0.1, 0.15) is 32.1 Å². The molecule has 0 saturated carbocycles. The molecule has 0 aromatic carbocycles. The van der Waals surface area contributed by atoms with Gasteiger partial charge >= 0.3 is 5.97 Å². The molecule has 7 heteroatoms. The number of carbonyl (C=O) groups excluding carboxylic acids is 1. The molecule has 0 aliphatic carbocycles. The molecule has 1 amide bonds. The van der Waals surface area contributed by atoms with Crippen molar-refractivity contribution in [3.63, 3.8) is 0 Å². The molecule has 2 saturated heterocycles. The van der Waals surface area contributed by atoms with E-state index in [2.05, 4.69) is 0 Å². The monoisotopic (exact) mass is 289 g/mol. The zero-order valence-corrected chi connectivity index (χ0v) is 11.6. The van der Waals surface area contributed by atoms with E-state index < -0.39 is 32.9 Å². The summed E-state index contributed by atoms with van der Waals surface area (Å²) in [7, 11) is -3.35. The highest BCUT2D eigenvalue weighted by Crippen LogP contribution is 2.24. The average molecular weight is 289 g/mol. The van der Waals surface area contributed by atoms with Crippen LogP contribution in [-0.2, 0) is 19.4 Å². The van der Waals surface area contributed by atoms with Crippen LogP contribution in [0.5, 0.6) is 0 Å². The van der Waals surface area contributed by atoms with Gasteiger partial charge in [-0.05, 0) is 25.7 Å². The summed E-state index contributed by atoms with van der Waals surface area (Å²) in [6.45, 7) is 0.606. The summed E-state index contributed by atoms with van der Waals surface area (Å²) in [6.07, 6.45) is 2.90. The highest BCUT2D eigenvalue weighted by molar-refractivity contribution is 7.92. The Balaban J connectivity index is 2.08. The van der Waals surface area contributed by atoms with Crippen molar-refractivity contribution in [2.45, 2.75) is 37.4 Å². The second-order valence-electron chi connectivity index (χ2n) is 5.31. The molecule has 0 bridgehead atoms. The Kier molecular flexibility index (Phi) is 4.13. The number of sulfone groups is 1. The molecule has 6 nitrogen and oxygen atoms in total. The summed E-state index contributed by atoms with van der Waals surface area (Å²) < 4.78 is 23.8. The molecule has 1 unspecified atom stereocenters. The molecule has 108 valence electrons. The van der Waals surface area contributed by atoms with Gasteiger partial charge in [-0.3, -0.25) is 9.59 Å². The minimum absolute atomic E-state index is 0.0691. The van der Waals surface area contributed by atoms with E-state index in [4.69, 9.17) is 5.11 Å². The lowest BCUT2D eigenvalue weighted by Gasteiger charge is -2.34. The van der Waals surface area contributed by atoms with E-state index in [1.807, 2.05) is 0 Å². The summed E-state index contributed by atoms with van der Waals surface area (Å²) in [5.74, 6) is -1.81. The maximum atomic E-state index is 12.3. The van der Waals surface area contributed by atoms with Crippen molar-refractivity contribution in [1.29, 1.82) is 0 Å². The fourth-order valence-electron chi connectivity index (χ4n) is 2.81. The Morgan fingerprint density at radius 3 is 2.47 bits per heavy atom. The molecule has 19 heavy (non-hydrogen) atoms. The molecular formula is C12H19NO5S. The highest BCUT2D eigenvalue weighted by Gasteiger charge is 2.39. The first-order valence-corrected chi connectivity index (χ1v) is 8.36. The molecule has 0 spiro atoms. The van der Waals surface area contributed by atoms with Crippen LogP contribution in [0.3, 0.4) is 0 Å². The smallest absolute Gasteiger partial charge is 0.308 e. The van der Waals surface area contributed by atoms with Crippen molar-refractivity contribution in [3.05, 3.63) is 0 Å². The Labute approximate surface area is 112 Å². The lowest BCUT2D eigenvalue weighted by atomic mass is 9.98. The van der Waals surface area contributed by atoms with Gasteiger partial charge in [0.15, 0.2) is 9.84 Å². The minimum Gasteiger partial charge on any atom is -0.481 e. The van der Waals surface area contributed by atoms with Gasteiger partial charge in [-0.1, -0.05) is 6.42 Å². The third-order valence-electron chi connectivity index (χ3n) is 3.94. The van der Waals surface area contributed by atoms with E-state index in [9.17, 15) is 18.0 Å². The number of carboxylic acids is 1. The van der Waals surface area contributed by atoms with E-state index in [0.29, 0.717) is 32.2 Å². The first-order valence-electron chi connectivity index (χ1n) is 6.65. The number of nitrogens with zero attached hydrogens (tertiary/aromatic N) is 1. The standard InChI is InChI=1S/C12H19NO5S/c14-11(10-5-1-2-7-19(10,17)18)13-6-3-4-9(8-13)12(15)16/h9-10H,1-8H2,(H,15,16)/t9-,10?/m1/s1. The molecule has 2 rings (SSSR count). The zero-order valence-electron chi connectivity index (χ0n) is 10.7. The fraction of sp³-hybridized carbons (Fsp3) is 0.833. The van der Waals surface area contributed by atoms with Crippen LogP contribution in [0.2, 0.25) is 0 Å². The topological polar surface area (TPSA) is 91.8 Å². The number of hydrogen-bond donors (Lipinski definition) is 1. The number of rotatable bonds is 2. The van der Waals surface area contributed by atoms with Crippen molar-refractivity contribution in [1.82, 2.24) is 4.90 Å². The lowest BCUT2D eigenvalue weighted by Crippen LogP contribution is -2.49. The summed E-state index contributed by atoms with van der Waals surface area (Å²) in [5.41, 5.74) is 0. The average Bonchev–Trinajstić information content (AvgIpc) is 2.37. The van der Waals surface area contributed by atoms with Crippen molar-refractivity contribution < 1.29 is 23.1 Å². The van der Waals surface area contributed by atoms with Gasteiger partial charge in [0.05, 0.1) is 11.7 Å². The largest absolute Gasteiger partial charge is 0.481 e. The Morgan fingerprint density at radius 1 is 1.11 bits per heavy atom. The van der Waals surface area contributed by atoms with E-state index in [-0.39, 0.29) is 12.3 Å². The Bertz CT molecular complexity index is 473. The van der Waals surface area contributed by atoms with Gasteiger partial charge in [0.25, 0.3) is 0 Å². The van der Waals surface area contributed by atoms with Gasteiger partial charge in [-0.25, -0.2) is 8.42 Å². The SMILES string of the molecule is O=C(O)[C@@H]1CCCN(C(=O)C2CCCCS2(=O)=O)C1. The molecule has 2 heterocycles. The maximum Gasteiger partial charge on any atom is 0.308 e. The first-order chi connectivity index (χ1) is 8.92. The quantitative estimate of drug-likeness (QED) is 0.788. The maximum absolute atomic E-state index is 12.3. The van der Waals surface area contributed by atoms with Crippen LogP contribution in [0.4, 0.5) is 0 Å². The third-order valence-corrected chi connectivity index (χ3v) is 6.10. The molecule has 0 aromatic heterocycles. The highest BCUT2D eigenvalue weighted by atomic mass is 32.2. The minimum atomic E-state index is -3.35. The Morgan fingerprint density at radius 2 is 1.84 bits per heavy atom. The normalized spacial score (nSPS) is 30.8. The molecule has 2 aliphatic rings. The van der Waals surface area contributed by atoms with E-state index in [0.717, 1.165) is 6.42 Å². The van der Waals surface area contributed by atoms with Crippen LogP contribution in [-0.4, -0.2) is 54.4 Å². The third kappa shape index (κ3) is 3.08. The van der Waals surface area contributed by atoms with Crippen LogP contribution >= 0.6 is 0 Å². The fourth-order valence-corrected chi connectivity index (χ4v) is 4.69. The predicted octanol–water partition coefficient (Wildman–Crippen LogP) is 0.277. The summed E-state index contributed by atoms with van der Waals surface area (Å²) in [6, 6.07) is 0. The van der Waals surface area contributed by atoms with Gasteiger partial charge in [0.2, 0.25) is 5.91 Å². The molecule has 2 aliphatic heterocycles. The predicted molar refractivity (Wildman–Crippen MR) is 68.4 cm³/mol. The molecule has 2 fully saturated rings. The number of aliphatic carboxylic acids is 1. The zero-order chi connectivity index (χ0) is 14.0. The van der Waals surface area contributed by atoms with Gasteiger partial charge in [0.1, 0.15) is 5.25 Å². The van der Waals surface area contributed by atoms with Crippen LogP contribution in [0.15, 0.2) is 0 Å². The number of carboxylic acid groups (broad SMARTS) is 1. The van der Waals surface area contributed by atoms with Gasteiger partial charge < -0.3 is 10.0 Å². The number of carbonyl (C=O) groups is 2. The number of hydrogen-bond acceptors (Lipinski definition) is 4. The van der Waals surface area contributed by atoms with Gasteiger partial charge in [0, 0.05) is 13.1 Å². The Hall–Kier alpha value is -1.11.